The highest BCUT2D eigenvalue weighted by molar-refractivity contribution is 5.99. The maximum atomic E-state index is 13.8. The Bertz CT molecular complexity index is 504. The topological polar surface area (TPSA) is 93.6 Å². The standard InChI is InChI=1S/C14H21FN4O2/c15-11-9-12(16)10(14(17)20)8-13(11)18-2-1-3-19-4-6-21-7-5-19/h8-9,18H,1-7,16H2,(H2,17,20). The number of primary amides is 1. The molecule has 1 heterocycles. The Morgan fingerprint density at radius 2 is 2.10 bits per heavy atom. The first-order chi connectivity index (χ1) is 10.1. The number of nitrogen functional groups attached to an aromatic ring is 1. The van der Waals surface area contributed by atoms with Gasteiger partial charge in [-0.2, -0.15) is 0 Å². The van der Waals surface area contributed by atoms with E-state index >= 15 is 0 Å². The average molecular weight is 296 g/mol. The van der Waals surface area contributed by atoms with Gasteiger partial charge < -0.3 is 21.5 Å². The van der Waals surface area contributed by atoms with Crippen molar-refractivity contribution in [1.29, 1.82) is 0 Å². The number of carbonyl (C=O) groups excluding carboxylic acids is 1. The van der Waals surface area contributed by atoms with Gasteiger partial charge in [-0.15, -0.1) is 0 Å². The molecule has 5 N–H and O–H groups in total. The predicted octanol–water partition coefficient (Wildman–Crippen LogP) is 0.641. The molecular formula is C14H21FN4O2. The molecule has 1 fully saturated rings. The Balaban J connectivity index is 1.85. The van der Waals surface area contributed by atoms with Crippen LogP contribution in [0.3, 0.4) is 0 Å². The normalized spacial score (nSPS) is 15.9. The second-order valence-electron chi connectivity index (χ2n) is 5.02. The van der Waals surface area contributed by atoms with E-state index in [4.69, 9.17) is 16.2 Å². The maximum absolute atomic E-state index is 13.8. The Hall–Kier alpha value is -1.86. The van der Waals surface area contributed by atoms with Crippen molar-refractivity contribution in [3.05, 3.63) is 23.5 Å². The summed E-state index contributed by atoms with van der Waals surface area (Å²) in [6, 6.07) is 2.48. The van der Waals surface area contributed by atoms with Gasteiger partial charge in [-0.1, -0.05) is 0 Å². The summed E-state index contributed by atoms with van der Waals surface area (Å²) in [6.07, 6.45) is 0.871. The Morgan fingerprint density at radius 1 is 1.38 bits per heavy atom. The van der Waals surface area contributed by atoms with Gasteiger partial charge >= 0.3 is 0 Å². The molecule has 0 saturated carbocycles. The zero-order chi connectivity index (χ0) is 15.2. The fraction of sp³-hybridized carbons (Fsp3) is 0.500. The van der Waals surface area contributed by atoms with Crippen LogP contribution >= 0.6 is 0 Å². The van der Waals surface area contributed by atoms with E-state index in [0.717, 1.165) is 45.3 Å². The predicted molar refractivity (Wildman–Crippen MR) is 79.7 cm³/mol. The molecule has 0 spiro atoms. The lowest BCUT2D eigenvalue weighted by molar-refractivity contribution is 0.0378. The van der Waals surface area contributed by atoms with E-state index in [2.05, 4.69) is 10.2 Å². The lowest BCUT2D eigenvalue weighted by Crippen LogP contribution is -2.37. The number of hydrogen-bond donors (Lipinski definition) is 3. The number of anilines is 2. The molecule has 0 unspecified atom stereocenters. The van der Waals surface area contributed by atoms with Gasteiger partial charge in [0.15, 0.2) is 0 Å². The van der Waals surface area contributed by atoms with E-state index in [-0.39, 0.29) is 16.9 Å². The minimum Gasteiger partial charge on any atom is -0.398 e. The molecule has 0 bridgehead atoms. The zero-order valence-corrected chi connectivity index (χ0v) is 11.9. The van der Waals surface area contributed by atoms with Gasteiger partial charge in [0.1, 0.15) is 5.82 Å². The van der Waals surface area contributed by atoms with Crippen LogP contribution in [-0.2, 0) is 4.74 Å². The summed E-state index contributed by atoms with van der Waals surface area (Å²) < 4.78 is 19.0. The highest BCUT2D eigenvalue weighted by Gasteiger charge is 2.12. The van der Waals surface area contributed by atoms with Gasteiger partial charge in [0, 0.05) is 25.3 Å². The molecule has 7 heteroatoms. The van der Waals surface area contributed by atoms with Crippen LogP contribution in [0, 0.1) is 5.82 Å². The Morgan fingerprint density at radius 3 is 2.76 bits per heavy atom. The molecule has 6 nitrogen and oxygen atoms in total. The van der Waals surface area contributed by atoms with Gasteiger partial charge in [0.25, 0.3) is 5.91 Å². The lowest BCUT2D eigenvalue weighted by Gasteiger charge is -2.26. The van der Waals surface area contributed by atoms with Crippen molar-refractivity contribution >= 4 is 17.3 Å². The van der Waals surface area contributed by atoms with Crippen LogP contribution in [0.1, 0.15) is 16.8 Å². The number of ether oxygens (including phenoxy) is 1. The SMILES string of the molecule is NC(=O)c1cc(NCCCN2CCOCC2)c(F)cc1N. The van der Waals surface area contributed by atoms with Gasteiger partial charge in [-0.3, -0.25) is 9.69 Å². The van der Waals surface area contributed by atoms with Crippen LogP contribution in [0.25, 0.3) is 0 Å². The number of morpholine rings is 1. The van der Waals surface area contributed by atoms with E-state index < -0.39 is 11.7 Å². The molecule has 1 saturated heterocycles. The number of rotatable bonds is 6. The van der Waals surface area contributed by atoms with E-state index in [9.17, 15) is 9.18 Å². The first kappa shape index (κ1) is 15.5. The summed E-state index contributed by atoms with van der Waals surface area (Å²) in [5, 5.41) is 2.98. The molecule has 0 aromatic heterocycles. The summed E-state index contributed by atoms with van der Waals surface area (Å²) in [6.45, 7) is 4.93. The average Bonchev–Trinajstić information content (AvgIpc) is 2.46. The molecule has 0 atom stereocenters. The monoisotopic (exact) mass is 296 g/mol. The summed E-state index contributed by atoms with van der Waals surface area (Å²) in [5.74, 6) is -1.15. The minimum absolute atomic E-state index is 0.0545. The van der Waals surface area contributed by atoms with E-state index in [1.165, 1.54) is 6.07 Å². The van der Waals surface area contributed by atoms with Crippen molar-refractivity contribution in [3.63, 3.8) is 0 Å². The van der Waals surface area contributed by atoms with Gasteiger partial charge in [0.2, 0.25) is 0 Å². The van der Waals surface area contributed by atoms with Crippen molar-refractivity contribution < 1.29 is 13.9 Å². The van der Waals surface area contributed by atoms with Crippen molar-refractivity contribution in [3.8, 4) is 0 Å². The molecule has 116 valence electrons. The van der Waals surface area contributed by atoms with Crippen LogP contribution in [0.15, 0.2) is 12.1 Å². The number of benzene rings is 1. The van der Waals surface area contributed by atoms with E-state index in [0.29, 0.717) is 6.54 Å². The maximum Gasteiger partial charge on any atom is 0.250 e. The first-order valence-electron chi connectivity index (χ1n) is 7.00. The quantitative estimate of drug-likeness (QED) is 0.529. The van der Waals surface area contributed by atoms with Crippen molar-refractivity contribution in [1.82, 2.24) is 4.90 Å². The summed E-state index contributed by atoms with van der Waals surface area (Å²) >= 11 is 0. The van der Waals surface area contributed by atoms with E-state index in [1.54, 1.807) is 0 Å². The van der Waals surface area contributed by atoms with Gasteiger partial charge in [-0.25, -0.2) is 4.39 Å². The fourth-order valence-electron chi connectivity index (χ4n) is 2.29. The molecule has 1 amide bonds. The molecule has 1 aromatic rings. The van der Waals surface area contributed by atoms with Gasteiger partial charge in [0.05, 0.1) is 24.5 Å². The number of hydrogen-bond acceptors (Lipinski definition) is 5. The van der Waals surface area contributed by atoms with Gasteiger partial charge in [-0.05, 0) is 25.1 Å². The Labute approximate surface area is 123 Å². The van der Waals surface area contributed by atoms with Crippen LogP contribution in [0.4, 0.5) is 15.8 Å². The van der Waals surface area contributed by atoms with Crippen LogP contribution in [0.5, 0.6) is 0 Å². The van der Waals surface area contributed by atoms with E-state index in [1.807, 2.05) is 0 Å². The highest BCUT2D eigenvalue weighted by atomic mass is 19.1. The third-order valence-electron chi connectivity index (χ3n) is 3.47. The molecule has 1 aliphatic heterocycles. The number of amides is 1. The van der Waals surface area contributed by atoms with Crippen LogP contribution in [0.2, 0.25) is 0 Å². The molecule has 2 rings (SSSR count). The molecule has 21 heavy (non-hydrogen) atoms. The largest absolute Gasteiger partial charge is 0.398 e. The molecule has 1 aromatic carbocycles. The molecular weight excluding hydrogens is 275 g/mol. The van der Waals surface area contributed by atoms with Crippen molar-refractivity contribution in [2.75, 3.05) is 50.4 Å². The second kappa shape index (κ2) is 7.24. The summed E-state index contributed by atoms with van der Waals surface area (Å²) in [7, 11) is 0. The second-order valence-corrected chi connectivity index (χ2v) is 5.02. The number of nitrogens with one attached hydrogen (secondary N) is 1. The van der Waals surface area contributed by atoms with Crippen molar-refractivity contribution in [2.45, 2.75) is 6.42 Å². The third kappa shape index (κ3) is 4.30. The number of nitrogens with two attached hydrogens (primary N) is 2. The molecule has 1 aliphatic rings. The third-order valence-corrected chi connectivity index (χ3v) is 3.47. The lowest BCUT2D eigenvalue weighted by atomic mass is 10.1. The summed E-state index contributed by atoms with van der Waals surface area (Å²) in [4.78, 5) is 13.5. The number of halogens is 1. The summed E-state index contributed by atoms with van der Waals surface area (Å²) in [5.41, 5.74) is 11.2. The smallest absolute Gasteiger partial charge is 0.250 e. The first-order valence-corrected chi connectivity index (χ1v) is 7.00. The minimum atomic E-state index is -0.663. The molecule has 0 aliphatic carbocycles. The highest BCUT2D eigenvalue weighted by Crippen LogP contribution is 2.21. The number of nitrogens with zero attached hydrogens (tertiary/aromatic N) is 1. The fourth-order valence-corrected chi connectivity index (χ4v) is 2.29. The van der Waals surface area contributed by atoms with Crippen molar-refractivity contribution in [2.24, 2.45) is 5.73 Å². The van der Waals surface area contributed by atoms with Crippen LogP contribution < -0.4 is 16.8 Å². The Kier molecular flexibility index (Phi) is 5.35. The zero-order valence-electron chi connectivity index (χ0n) is 11.9. The molecule has 0 radical (unpaired) electrons. The number of carbonyl (C=O) groups is 1. The van der Waals surface area contributed by atoms with Crippen LogP contribution in [-0.4, -0.2) is 50.2 Å².